The number of hydrogen-bond donors (Lipinski definition) is 0. The molecule has 34 heavy (non-hydrogen) atoms. The summed E-state index contributed by atoms with van der Waals surface area (Å²) in [4.78, 5) is 35.4. The summed E-state index contributed by atoms with van der Waals surface area (Å²) in [5.41, 5.74) is -2.15. The van der Waals surface area contributed by atoms with Crippen LogP contribution in [0.5, 0.6) is 5.75 Å². The van der Waals surface area contributed by atoms with Crippen molar-refractivity contribution in [2.24, 2.45) is 0 Å². The van der Waals surface area contributed by atoms with E-state index in [9.17, 15) is 32.9 Å². The van der Waals surface area contributed by atoms with Crippen molar-refractivity contribution in [3.63, 3.8) is 0 Å². The van der Waals surface area contributed by atoms with E-state index in [4.69, 9.17) is 4.74 Å². The molecule has 0 saturated carbocycles. The van der Waals surface area contributed by atoms with Gasteiger partial charge in [-0.3, -0.25) is 14.9 Å². The van der Waals surface area contributed by atoms with E-state index in [1.807, 2.05) is 0 Å². The van der Waals surface area contributed by atoms with Crippen LogP contribution >= 0.6 is 0 Å². The zero-order chi connectivity index (χ0) is 24.6. The van der Waals surface area contributed by atoms with Crippen LogP contribution in [0.4, 0.5) is 18.9 Å². The SMILES string of the molecule is COC(=O)C(=O)c1c(C(F)(F)F)ccc(-n2cc([N+](=O)[O-])cn2)c1-c1ccc2c(c1)CCCO2. The Bertz CT molecular complexity index is 1320. The molecule has 0 amide bonds. The molecule has 0 fully saturated rings. The van der Waals surface area contributed by atoms with Gasteiger partial charge in [0.15, 0.2) is 0 Å². The molecule has 0 spiro atoms. The highest BCUT2D eigenvalue weighted by molar-refractivity contribution is 6.42. The van der Waals surface area contributed by atoms with Crippen molar-refractivity contribution in [3.8, 4) is 22.6 Å². The predicted octanol–water partition coefficient (Wildman–Crippen LogP) is 4.15. The minimum atomic E-state index is -4.99. The van der Waals surface area contributed by atoms with Gasteiger partial charge in [-0.15, -0.1) is 0 Å². The molecule has 0 aliphatic carbocycles. The zero-order valence-electron chi connectivity index (χ0n) is 17.6. The van der Waals surface area contributed by atoms with Crippen LogP contribution in [0.15, 0.2) is 42.7 Å². The fourth-order valence-electron chi connectivity index (χ4n) is 3.80. The number of alkyl halides is 3. The van der Waals surface area contributed by atoms with Crippen LogP contribution in [0, 0.1) is 10.1 Å². The Morgan fingerprint density at radius 2 is 2.00 bits per heavy atom. The van der Waals surface area contributed by atoms with Crippen LogP contribution in [-0.4, -0.2) is 40.2 Å². The van der Waals surface area contributed by atoms with Gasteiger partial charge in [-0.2, -0.15) is 18.3 Å². The molecule has 12 heteroatoms. The van der Waals surface area contributed by atoms with E-state index in [1.54, 1.807) is 12.1 Å². The summed E-state index contributed by atoms with van der Waals surface area (Å²) in [5.74, 6) is -2.45. The molecule has 1 aliphatic rings. The van der Waals surface area contributed by atoms with Gasteiger partial charge >= 0.3 is 17.8 Å². The number of benzene rings is 2. The number of methoxy groups -OCH3 is 1. The van der Waals surface area contributed by atoms with Crippen LogP contribution in [0.2, 0.25) is 0 Å². The first-order valence-electron chi connectivity index (χ1n) is 9.94. The summed E-state index contributed by atoms with van der Waals surface area (Å²) < 4.78 is 52.8. The van der Waals surface area contributed by atoms with Gasteiger partial charge in [-0.05, 0) is 48.2 Å². The monoisotopic (exact) mass is 475 g/mol. The lowest BCUT2D eigenvalue weighted by molar-refractivity contribution is -0.384. The van der Waals surface area contributed by atoms with E-state index in [2.05, 4.69) is 9.84 Å². The summed E-state index contributed by atoms with van der Waals surface area (Å²) >= 11 is 0. The normalized spacial score (nSPS) is 13.1. The zero-order valence-corrected chi connectivity index (χ0v) is 17.6. The van der Waals surface area contributed by atoms with E-state index < -0.39 is 39.7 Å². The average Bonchev–Trinajstić information content (AvgIpc) is 3.32. The van der Waals surface area contributed by atoms with Crippen molar-refractivity contribution in [2.75, 3.05) is 13.7 Å². The number of carbonyl (C=O) groups excluding carboxylic acids is 2. The van der Waals surface area contributed by atoms with E-state index in [-0.39, 0.29) is 16.8 Å². The molecule has 0 atom stereocenters. The minimum absolute atomic E-state index is 0.0648. The van der Waals surface area contributed by atoms with Crippen molar-refractivity contribution < 1.29 is 37.2 Å². The smallest absolute Gasteiger partial charge is 0.417 e. The molecule has 0 radical (unpaired) electrons. The summed E-state index contributed by atoms with van der Waals surface area (Å²) in [6, 6.07) is 6.25. The van der Waals surface area contributed by atoms with E-state index in [1.165, 1.54) is 6.07 Å². The van der Waals surface area contributed by atoms with Gasteiger partial charge < -0.3 is 9.47 Å². The number of nitrogens with zero attached hydrogens (tertiary/aromatic N) is 3. The van der Waals surface area contributed by atoms with Gasteiger partial charge in [-0.1, -0.05) is 6.07 Å². The third-order valence-electron chi connectivity index (χ3n) is 5.31. The lowest BCUT2D eigenvalue weighted by Crippen LogP contribution is -2.23. The van der Waals surface area contributed by atoms with Crippen LogP contribution in [0.25, 0.3) is 16.8 Å². The molecule has 0 saturated heterocycles. The van der Waals surface area contributed by atoms with Gasteiger partial charge in [0, 0.05) is 5.56 Å². The Kier molecular flexibility index (Phi) is 5.82. The number of nitro groups is 1. The van der Waals surface area contributed by atoms with Crippen molar-refractivity contribution >= 4 is 17.4 Å². The molecule has 4 rings (SSSR count). The lowest BCUT2D eigenvalue weighted by atomic mass is 9.89. The first-order chi connectivity index (χ1) is 16.1. The summed E-state index contributed by atoms with van der Waals surface area (Å²) in [5, 5.41) is 15.0. The number of fused-ring (bicyclic) bond motifs is 1. The molecular weight excluding hydrogens is 459 g/mol. The van der Waals surface area contributed by atoms with Crippen molar-refractivity contribution in [1.29, 1.82) is 0 Å². The highest BCUT2D eigenvalue weighted by Gasteiger charge is 2.40. The number of carbonyl (C=O) groups is 2. The maximum absolute atomic E-state index is 14.0. The second kappa shape index (κ2) is 8.61. The molecule has 1 aromatic heterocycles. The number of aromatic nitrogens is 2. The number of hydrogen-bond acceptors (Lipinski definition) is 7. The van der Waals surface area contributed by atoms with Gasteiger partial charge in [0.25, 0.3) is 5.78 Å². The molecule has 1 aliphatic heterocycles. The van der Waals surface area contributed by atoms with Crippen molar-refractivity contribution in [1.82, 2.24) is 9.78 Å². The Labute approximate surface area is 189 Å². The topological polar surface area (TPSA) is 114 Å². The fraction of sp³-hybridized carbons (Fsp3) is 0.227. The lowest BCUT2D eigenvalue weighted by Gasteiger charge is -2.22. The number of esters is 1. The van der Waals surface area contributed by atoms with E-state index >= 15 is 0 Å². The molecule has 3 aromatic rings. The van der Waals surface area contributed by atoms with Crippen molar-refractivity contribution in [2.45, 2.75) is 19.0 Å². The Balaban J connectivity index is 2.07. The van der Waals surface area contributed by atoms with Gasteiger partial charge in [0.1, 0.15) is 18.1 Å². The second-order valence-corrected chi connectivity index (χ2v) is 7.38. The molecule has 0 N–H and O–H groups in total. The number of ether oxygens (including phenoxy) is 2. The van der Waals surface area contributed by atoms with Crippen molar-refractivity contribution in [3.05, 3.63) is 69.5 Å². The maximum Gasteiger partial charge on any atom is 0.417 e. The molecule has 0 bridgehead atoms. The fourth-order valence-corrected chi connectivity index (χ4v) is 3.80. The molecule has 0 unspecified atom stereocenters. The number of halogens is 3. The third-order valence-corrected chi connectivity index (χ3v) is 5.31. The number of rotatable bonds is 5. The maximum atomic E-state index is 14.0. The van der Waals surface area contributed by atoms with E-state index in [0.29, 0.717) is 36.8 Å². The number of ketones is 1. The van der Waals surface area contributed by atoms with Gasteiger partial charge in [0.05, 0.1) is 35.5 Å². The van der Waals surface area contributed by atoms with Gasteiger partial charge in [0.2, 0.25) is 0 Å². The first kappa shape index (κ1) is 23.0. The second-order valence-electron chi connectivity index (χ2n) is 7.38. The average molecular weight is 475 g/mol. The summed E-state index contributed by atoms with van der Waals surface area (Å²) in [7, 11) is 0.879. The Morgan fingerprint density at radius 3 is 2.65 bits per heavy atom. The van der Waals surface area contributed by atoms with Crippen LogP contribution in [0.1, 0.15) is 27.9 Å². The molecule has 2 aromatic carbocycles. The molecule has 176 valence electrons. The van der Waals surface area contributed by atoms with E-state index in [0.717, 1.165) is 30.3 Å². The van der Waals surface area contributed by atoms with Crippen LogP contribution < -0.4 is 4.74 Å². The highest BCUT2D eigenvalue weighted by atomic mass is 19.4. The molecular formula is C22H16F3N3O6. The molecule has 9 nitrogen and oxygen atoms in total. The van der Waals surface area contributed by atoms with Crippen LogP contribution in [-0.2, 0) is 22.1 Å². The predicted molar refractivity (Wildman–Crippen MR) is 111 cm³/mol. The quantitative estimate of drug-likeness (QED) is 0.179. The summed E-state index contributed by atoms with van der Waals surface area (Å²) in [6.45, 7) is 0.490. The van der Waals surface area contributed by atoms with Crippen LogP contribution in [0.3, 0.4) is 0 Å². The Hall–Kier alpha value is -4.22. The minimum Gasteiger partial charge on any atom is -0.493 e. The number of Topliss-reactive ketones (excluding diaryl/α,β-unsaturated/α-hetero) is 1. The number of aryl methyl sites for hydroxylation is 1. The largest absolute Gasteiger partial charge is 0.493 e. The summed E-state index contributed by atoms with van der Waals surface area (Å²) in [6.07, 6.45) is -1.79. The highest BCUT2D eigenvalue weighted by Crippen LogP contribution is 2.42. The third kappa shape index (κ3) is 4.09. The first-order valence-corrected chi connectivity index (χ1v) is 9.94. The molecule has 2 heterocycles. The van der Waals surface area contributed by atoms with Gasteiger partial charge in [-0.25, -0.2) is 9.48 Å². The Morgan fingerprint density at radius 1 is 1.24 bits per heavy atom. The standard InChI is InChI=1S/C22H16F3N3O6/c1-33-21(30)20(29)19-15(22(23,24)25)5-6-16(27-11-14(10-26-27)28(31)32)18(19)13-4-7-17-12(9-13)3-2-8-34-17/h4-7,9-11H,2-3,8H2,1H3.